The van der Waals surface area contributed by atoms with Crippen molar-refractivity contribution in [2.24, 2.45) is 5.92 Å². The Balaban J connectivity index is 1.97. The Morgan fingerprint density at radius 2 is 2.12 bits per heavy atom. The Kier molecular flexibility index (Phi) is 3.40. The fraction of sp³-hybridized carbons (Fsp3) is 0.500. The van der Waals surface area contributed by atoms with Crippen LogP contribution >= 0.6 is 0 Å². The monoisotopic (exact) mass is 254 g/mol. The second kappa shape index (κ2) is 4.66. The van der Waals surface area contributed by atoms with Gasteiger partial charge in [-0.2, -0.15) is 0 Å². The van der Waals surface area contributed by atoms with Crippen LogP contribution < -0.4 is 10.5 Å². The van der Waals surface area contributed by atoms with Crippen LogP contribution in [0.15, 0.2) is 24.3 Å². The zero-order valence-electron chi connectivity index (χ0n) is 9.89. The van der Waals surface area contributed by atoms with E-state index in [9.17, 15) is 8.42 Å². The minimum atomic E-state index is -3.24. The van der Waals surface area contributed by atoms with E-state index in [1.165, 1.54) is 0 Å². The van der Waals surface area contributed by atoms with E-state index in [2.05, 4.69) is 11.6 Å². The lowest BCUT2D eigenvalue weighted by molar-refractivity contribution is 0.270. The molecule has 94 valence electrons. The second-order valence-electron chi connectivity index (χ2n) is 4.90. The molecule has 17 heavy (non-hydrogen) atoms. The van der Waals surface area contributed by atoms with Gasteiger partial charge in [0.1, 0.15) is 0 Å². The summed E-state index contributed by atoms with van der Waals surface area (Å²) >= 11 is 0. The molecule has 2 rings (SSSR count). The number of sulfonamides is 1. The molecule has 0 aliphatic heterocycles. The Morgan fingerprint density at radius 3 is 2.71 bits per heavy atom. The predicted molar refractivity (Wildman–Crippen MR) is 68.8 cm³/mol. The van der Waals surface area contributed by atoms with Crippen molar-refractivity contribution in [1.29, 1.82) is 0 Å². The highest BCUT2D eigenvalue weighted by Gasteiger charge is 2.28. The topological polar surface area (TPSA) is 72.2 Å². The van der Waals surface area contributed by atoms with E-state index < -0.39 is 10.0 Å². The Bertz CT molecular complexity index is 493. The van der Waals surface area contributed by atoms with Gasteiger partial charge in [-0.05, 0) is 36.5 Å². The van der Waals surface area contributed by atoms with E-state index in [1.54, 1.807) is 24.3 Å². The van der Waals surface area contributed by atoms with Gasteiger partial charge in [0.15, 0.2) is 0 Å². The second-order valence-corrected chi connectivity index (χ2v) is 6.65. The minimum absolute atomic E-state index is 0.00290. The molecular weight excluding hydrogens is 236 g/mol. The van der Waals surface area contributed by atoms with Gasteiger partial charge in [0, 0.05) is 11.7 Å². The normalized spacial score (nSPS) is 24.3. The van der Waals surface area contributed by atoms with Crippen LogP contribution in [0.1, 0.15) is 25.3 Å². The molecule has 0 unspecified atom stereocenters. The smallest absolute Gasteiger partial charge is 0.216 e. The zero-order chi connectivity index (χ0) is 12.5. The van der Waals surface area contributed by atoms with Gasteiger partial charge in [-0.15, -0.1) is 0 Å². The van der Waals surface area contributed by atoms with Crippen LogP contribution in [-0.4, -0.2) is 14.5 Å². The SMILES string of the molecule is CC1CC(NS(=O)(=O)Cc2cccc(N)c2)C1. The maximum Gasteiger partial charge on any atom is 0.216 e. The van der Waals surface area contributed by atoms with Gasteiger partial charge < -0.3 is 5.73 Å². The number of nitrogens with one attached hydrogen (secondary N) is 1. The number of benzene rings is 1. The van der Waals surface area contributed by atoms with Gasteiger partial charge in [-0.1, -0.05) is 19.1 Å². The summed E-state index contributed by atoms with van der Waals surface area (Å²) in [5.74, 6) is 0.637. The highest BCUT2D eigenvalue weighted by atomic mass is 32.2. The van der Waals surface area contributed by atoms with Crippen molar-refractivity contribution in [3.05, 3.63) is 29.8 Å². The first kappa shape index (κ1) is 12.4. The average molecular weight is 254 g/mol. The molecule has 0 amide bonds. The molecule has 1 aromatic rings. The summed E-state index contributed by atoms with van der Waals surface area (Å²) in [5, 5.41) is 0. The van der Waals surface area contributed by atoms with E-state index in [4.69, 9.17) is 5.73 Å². The summed E-state index contributed by atoms with van der Waals surface area (Å²) in [7, 11) is -3.24. The Morgan fingerprint density at radius 1 is 1.41 bits per heavy atom. The van der Waals surface area contributed by atoms with Crippen LogP contribution in [0.4, 0.5) is 5.69 Å². The van der Waals surface area contributed by atoms with Gasteiger partial charge in [-0.3, -0.25) is 0 Å². The van der Waals surface area contributed by atoms with E-state index in [0.717, 1.165) is 18.4 Å². The number of nitrogens with two attached hydrogens (primary N) is 1. The molecule has 1 aromatic carbocycles. The first-order valence-corrected chi connectivity index (χ1v) is 7.44. The third kappa shape index (κ3) is 3.44. The maximum absolute atomic E-state index is 11.9. The van der Waals surface area contributed by atoms with Crippen LogP contribution in [-0.2, 0) is 15.8 Å². The quantitative estimate of drug-likeness (QED) is 0.800. The predicted octanol–water partition coefficient (Wildman–Crippen LogP) is 1.49. The summed E-state index contributed by atoms with van der Waals surface area (Å²) in [6, 6.07) is 7.11. The van der Waals surface area contributed by atoms with Crippen molar-refractivity contribution in [1.82, 2.24) is 4.72 Å². The fourth-order valence-electron chi connectivity index (χ4n) is 2.20. The molecule has 0 spiro atoms. The molecule has 3 N–H and O–H groups in total. The zero-order valence-corrected chi connectivity index (χ0v) is 10.7. The van der Waals surface area contributed by atoms with E-state index in [1.807, 2.05) is 0 Å². The molecule has 1 saturated carbocycles. The highest BCUT2D eigenvalue weighted by molar-refractivity contribution is 7.88. The molecule has 0 aromatic heterocycles. The third-order valence-electron chi connectivity index (χ3n) is 3.03. The van der Waals surface area contributed by atoms with Crippen LogP contribution in [0.2, 0.25) is 0 Å². The van der Waals surface area contributed by atoms with Crippen molar-refractivity contribution in [2.75, 3.05) is 5.73 Å². The summed E-state index contributed by atoms with van der Waals surface area (Å²) in [6.07, 6.45) is 1.88. The molecule has 0 bridgehead atoms. The number of hydrogen-bond donors (Lipinski definition) is 2. The van der Waals surface area contributed by atoms with Crippen molar-refractivity contribution in [3.8, 4) is 0 Å². The van der Waals surface area contributed by atoms with Crippen molar-refractivity contribution < 1.29 is 8.42 Å². The lowest BCUT2D eigenvalue weighted by atomic mass is 9.83. The summed E-state index contributed by atoms with van der Waals surface area (Å²) in [4.78, 5) is 0. The number of anilines is 1. The van der Waals surface area contributed by atoms with Gasteiger partial charge in [0.2, 0.25) is 10.0 Å². The van der Waals surface area contributed by atoms with E-state index in [-0.39, 0.29) is 11.8 Å². The maximum atomic E-state index is 11.9. The summed E-state index contributed by atoms with van der Waals surface area (Å²) < 4.78 is 26.5. The van der Waals surface area contributed by atoms with Crippen LogP contribution in [0.25, 0.3) is 0 Å². The van der Waals surface area contributed by atoms with Crippen molar-refractivity contribution in [2.45, 2.75) is 31.6 Å². The highest BCUT2D eigenvalue weighted by Crippen LogP contribution is 2.27. The molecule has 4 nitrogen and oxygen atoms in total. The molecule has 0 radical (unpaired) electrons. The Hall–Kier alpha value is -1.07. The van der Waals surface area contributed by atoms with Crippen molar-refractivity contribution >= 4 is 15.7 Å². The molecule has 1 aliphatic rings. The summed E-state index contributed by atoms with van der Waals surface area (Å²) in [5.41, 5.74) is 6.94. The molecule has 0 heterocycles. The molecule has 5 heteroatoms. The largest absolute Gasteiger partial charge is 0.399 e. The molecule has 0 atom stereocenters. The molecule has 1 aliphatic carbocycles. The molecule has 0 saturated heterocycles. The van der Waals surface area contributed by atoms with Gasteiger partial charge in [0.25, 0.3) is 0 Å². The minimum Gasteiger partial charge on any atom is -0.399 e. The fourth-order valence-corrected chi connectivity index (χ4v) is 3.60. The average Bonchev–Trinajstić information content (AvgIpc) is 2.13. The van der Waals surface area contributed by atoms with Crippen LogP contribution in [0.5, 0.6) is 0 Å². The lowest BCUT2D eigenvalue weighted by Crippen LogP contribution is -2.43. The molecular formula is C12H18N2O2S. The first-order valence-electron chi connectivity index (χ1n) is 5.79. The van der Waals surface area contributed by atoms with Crippen LogP contribution in [0.3, 0.4) is 0 Å². The lowest BCUT2D eigenvalue weighted by Gasteiger charge is -2.32. The third-order valence-corrected chi connectivity index (χ3v) is 4.43. The van der Waals surface area contributed by atoms with E-state index >= 15 is 0 Å². The number of hydrogen-bond acceptors (Lipinski definition) is 3. The Labute approximate surface area is 102 Å². The number of rotatable bonds is 4. The van der Waals surface area contributed by atoms with Gasteiger partial charge >= 0.3 is 0 Å². The first-order chi connectivity index (χ1) is 7.94. The summed E-state index contributed by atoms with van der Waals surface area (Å²) in [6.45, 7) is 2.13. The van der Waals surface area contributed by atoms with E-state index in [0.29, 0.717) is 11.6 Å². The number of nitrogen functional groups attached to an aromatic ring is 1. The van der Waals surface area contributed by atoms with Crippen molar-refractivity contribution in [3.63, 3.8) is 0 Å². The van der Waals surface area contributed by atoms with Crippen LogP contribution in [0, 0.1) is 5.92 Å². The standard InChI is InChI=1S/C12H18N2O2S/c1-9-5-12(6-9)14-17(15,16)8-10-3-2-4-11(13)7-10/h2-4,7,9,12,14H,5-6,8,13H2,1H3. The van der Waals surface area contributed by atoms with Gasteiger partial charge in [-0.25, -0.2) is 13.1 Å². The molecule has 1 fully saturated rings. The van der Waals surface area contributed by atoms with Gasteiger partial charge in [0.05, 0.1) is 5.75 Å².